The van der Waals surface area contributed by atoms with Crippen LogP contribution in [-0.4, -0.2) is 17.6 Å². The Balaban J connectivity index is 2.11. The molecule has 0 aliphatic heterocycles. The maximum Gasteiger partial charge on any atom is 0.329 e. The average Bonchev–Trinajstić information content (AvgIpc) is 2.45. The van der Waals surface area contributed by atoms with E-state index in [-0.39, 0.29) is 12.0 Å². The Bertz CT molecular complexity index is 444. The maximum absolute atomic E-state index is 12.6. The molecule has 1 aromatic carbocycles. The molecule has 0 aromatic heterocycles. The van der Waals surface area contributed by atoms with Crippen LogP contribution in [0, 0.1) is 5.92 Å². The molecule has 0 bridgehead atoms. The van der Waals surface area contributed by atoms with Crippen molar-refractivity contribution in [3.8, 4) is 0 Å². The fourth-order valence-corrected chi connectivity index (χ4v) is 2.92. The summed E-state index contributed by atoms with van der Waals surface area (Å²) in [5.41, 5.74) is 0.543. The highest BCUT2D eigenvalue weighted by Gasteiger charge is 2.32. The third kappa shape index (κ3) is 5.07. The molecule has 1 unspecified atom stereocenters. The van der Waals surface area contributed by atoms with Gasteiger partial charge < -0.3 is 10.1 Å². The highest BCUT2D eigenvalue weighted by molar-refractivity contribution is 5.80. The molecule has 1 saturated carbocycles. The third-order valence-electron chi connectivity index (χ3n) is 3.88. The molecule has 2 rings (SSSR count). The van der Waals surface area contributed by atoms with Crippen molar-refractivity contribution < 1.29 is 9.53 Å². The first-order chi connectivity index (χ1) is 9.96. The van der Waals surface area contributed by atoms with Crippen molar-refractivity contribution in [1.82, 2.24) is 0 Å². The van der Waals surface area contributed by atoms with Gasteiger partial charge in [-0.25, -0.2) is 4.79 Å². The zero-order chi connectivity index (χ0) is 15.3. The van der Waals surface area contributed by atoms with E-state index in [2.05, 4.69) is 5.32 Å². The van der Waals surface area contributed by atoms with E-state index in [0.717, 1.165) is 18.5 Å². The lowest BCUT2D eigenvalue weighted by Gasteiger charge is -2.32. The molecule has 1 atom stereocenters. The van der Waals surface area contributed by atoms with Gasteiger partial charge >= 0.3 is 5.97 Å². The van der Waals surface area contributed by atoms with E-state index >= 15 is 0 Å². The van der Waals surface area contributed by atoms with E-state index in [1.54, 1.807) is 0 Å². The van der Waals surface area contributed by atoms with Crippen molar-refractivity contribution in [3.05, 3.63) is 30.3 Å². The minimum absolute atomic E-state index is 0.127. The second-order valence-corrected chi connectivity index (χ2v) is 6.92. The number of benzene rings is 1. The first kappa shape index (κ1) is 15.9. The van der Waals surface area contributed by atoms with Crippen molar-refractivity contribution >= 4 is 11.7 Å². The fraction of sp³-hybridized carbons (Fsp3) is 0.611. The minimum atomic E-state index is -0.442. The van der Waals surface area contributed by atoms with Crippen LogP contribution in [0.1, 0.15) is 52.9 Å². The number of anilines is 1. The third-order valence-corrected chi connectivity index (χ3v) is 3.88. The van der Waals surface area contributed by atoms with Gasteiger partial charge in [-0.15, -0.1) is 0 Å². The predicted molar refractivity (Wildman–Crippen MR) is 86.3 cm³/mol. The lowest BCUT2D eigenvalue weighted by Crippen LogP contribution is -2.42. The molecule has 1 aliphatic carbocycles. The minimum Gasteiger partial charge on any atom is -0.458 e. The summed E-state index contributed by atoms with van der Waals surface area (Å²) < 4.78 is 5.62. The summed E-state index contributed by atoms with van der Waals surface area (Å²) in [6.45, 7) is 5.77. The zero-order valence-corrected chi connectivity index (χ0v) is 13.4. The van der Waals surface area contributed by atoms with Crippen LogP contribution in [0.15, 0.2) is 30.3 Å². The number of carbonyl (C=O) groups is 1. The summed E-state index contributed by atoms with van der Waals surface area (Å²) in [5.74, 6) is 0.243. The number of hydrogen-bond acceptors (Lipinski definition) is 3. The molecule has 1 fully saturated rings. The van der Waals surface area contributed by atoms with Gasteiger partial charge in [0, 0.05) is 5.69 Å². The number of esters is 1. The van der Waals surface area contributed by atoms with Crippen LogP contribution < -0.4 is 5.32 Å². The SMILES string of the molecule is CC(C)(C)OC(=O)C(Nc1ccccc1)C1CCCCC1. The molecule has 116 valence electrons. The Morgan fingerprint density at radius 2 is 1.76 bits per heavy atom. The molecule has 1 aromatic rings. The van der Waals surface area contributed by atoms with Crippen molar-refractivity contribution in [2.24, 2.45) is 5.92 Å². The number of nitrogens with one attached hydrogen (secondary N) is 1. The van der Waals surface area contributed by atoms with Crippen molar-refractivity contribution in [2.45, 2.75) is 64.5 Å². The van der Waals surface area contributed by atoms with Crippen LogP contribution in [0.5, 0.6) is 0 Å². The number of carbonyl (C=O) groups excluding carboxylic acids is 1. The molecular formula is C18H27NO2. The van der Waals surface area contributed by atoms with E-state index in [4.69, 9.17) is 4.74 Å². The summed E-state index contributed by atoms with van der Waals surface area (Å²) in [4.78, 5) is 12.6. The second-order valence-electron chi connectivity index (χ2n) is 6.92. The molecule has 3 nitrogen and oxygen atoms in total. The molecule has 0 heterocycles. The van der Waals surface area contributed by atoms with Gasteiger partial charge in [-0.05, 0) is 51.7 Å². The molecule has 0 saturated heterocycles. The second kappa shape index (κ2) is 6.97. The summed E-state index contributed by atoms with van der Waals surface area (Å²) in [5, 5.41) is 3.40. The first-order valence-corrected chi connectivity index (χ1v) is 8.00. The smallest absolute Gasteiger partial charge is 0.329 e. The van der Waals surface area contributed by atoms with Crippen LogP contribution in [-0.2, 0) is 9.53 Å². The predicted octanol–water partition coefficient (Wildman–Crippen LogP) is 4.39. The standard InChI is InChI=1S/C18H27NO2/c1-18(2,3)21-17(20)16(14-10-6-4-7-11-14)19-15-12-8-5-9-13-15/h5,8-9,12-14,16,19H,4,6-7,10-11H2,1-3H3. The van der Waals surface area contributed by atoms with Crippen molar-refractivity contribution in [3.63, 3.8) is 0 Å². The van der Waals surface area contributed by atoms with E-state index in [9.17, 15) is 4.79 Å². The van der Waals surface area contributed by atoms with Gasteiger partial charge in [-0.2, -0.15) is 0 Å². The normalized spacial score (nSPS) is 18.0. The molecule has 3 heteroatoms. The van der Waals surface area contributed by atoms with Gasteiger partial charge in [0.1, 0.15) is 11.6 Å². The zero-order valence-electron chi connectivity index (χ0n) is 13.4. The van der Waals surface area contributed by atoms with E-state index in [0.29, 0.717) is 5.92 Å². The van der Waals surface area contributed by atoms with Crippen LogP contribution >= 0.6 is 0 Å². The average molecular weight is 289 g/mol. The Kier molecular flexibility index (Phi) is 5.27. The quantitative estimate of drug-likeness (QED) is 0.835. The van der Waals surface area contributed by atoms with Crippen molar-refractivity contribution in [2.75, 3.05) is 5.32 Å². The maximum atomic E-state index is 12.6. The highest BCUT2D eigenvalue weighted by Crippen LogP contribution is 2.29. The monoisotopic (exact) mass is 289 g/mol. The Morgan fingerprint density at radius 1 is 1.14 bits per heavy atom. The topological polar surface area (TPSA) is 38.3 Å². The Labute approximate surface area is 128 Å². The molecule has 1 aliphatic rings. The fourth-order valence-electron chi connectivity index (χ4n) is 2.92. The van der Waals surface area contributed by atoms with E-state index in [1.807, 2.05) is 51.1 Å². The lowest BCUT2D eigenvalue weighted by molar-refractivity contribution is -0.157. The van der Waals surface area contributed by atoms with E-state index < -0.39 is 5.60 Å². The summed E-state index contributed by atoms with van der Waals surface area (Å²) in [6, 6.07) is 9.70. The van der Waals surface area contributed by atoms with Crippen LogP contribution in [0.4, 0.5) is 5.69 Å². The van der Waals surface area contributed by atoms with E-state index in [1.165, 1.54) is 19.3 Å². The number of hydrogen-bond donors (Lipinski definition) is 1. The Hall–Kier alpha value is -1.51. The molecule has 0 amide bonds. The van der Waals surface area contributed by atoms with Gasteiger partial charge in [-0.3, -0.25) is 0 Å². The molecular weight excluding hydrogens is 262 g/mol. The summed E-state index contributed by atoms with van der Waals surface area (Å²) in [6.07, 6.45) is 5.90. The van der Waals surface area contributed by atoms with Gasteiger partial charge in [0.25, 0.3) is 0 Å². The van der Waals surface area contributed by atoms with Crippen LogP contribution in [0.25, 0.3) is 0 Å². The van der Waals surface area contributed by atoms with Gasteiger partial charge in [0.15, 0.2) is 0 Å². The largest absolute Gasteiger partial charge is 0.458 e. The number of rotatable bonds is 4. The van der Waals surface area contributed by atoms with Gasteiger partial charge in [-0.1, -0.05) is 37.5 Å². The van der Waals surface area contributed by atoms with Gasteiger partial charge in [0.05, 0.1) is 0 Å². The molecule has 1 N–H and O–H groups in total. The first-order valence-electron chi connectivity index (χ1n) is 8.00. The van der Waals surface area contributed by atoms with Crippen LogP contribution in [0.3, 0.4) is 0 Å². The number of ether oxygens (including phenoxy) is 1. The highest BCUT2D eigenvalue weighted by atomic mass is 16.6. The summed E-state index contributed by atoms with van der Waals surface area (Å²) in [7, 11) is 0. The molecule has 0 radical (unpaired) electrons. The molecule has 21 heavy (non-hydrogen) atoms. The van der Waals surface area contributed by atoms with Gasteiger partial charge in [0.2, 0.25) is 0 Å². The number of para-hydroxylation sites is 1. The van der Waals surface area contributed by atoms with Crippen molar-refractivity contribution in [1.29, 1.82) is 0 Å². The lowest BCUT2D eigenvalue weighted by atomic mass is 9.83. The van der Waals surface area contributed by atoms with Crippen LogP contribution in [0.2, 0.25) is 0 Å². The Morgan fingerprint density at radius 3 is 2.33 bits per heavy atom. The summed E-state index contributed by atoms with van der Waals surface area (Å²) >= 11 is 0. The molecule has 0 spiro atoms.